The highest BCUT2D eigenvalue weighted by Gasteiger charge is 2.40. The van der Waals surface area contributed by atoms with E-state index in [-0.39, 0.29) is 23.8 Å². The van der Waals surface area contributed by atoms with Crippen LogP contribution < -0.4 is 10.1 Å². The molecule has 0 aromatic heterocycles. The second-order valence-electron chi connectivity index (χ2n) is 7.42. The molecule has 1 aliphatic heterocycles. The SMILES string of the molecule is CCOc1ccccc1NC(=O)c1ccc2c(c1)C(=O)N(C1CCCCC1)C2=O. The molecule has 3 amide bonds. The number of amides is 3. The van der Waals surface area contributed by atoms with E-state index in [1.54, 1.807) is 24.3 Å². The van der Waals surface area contributed by atoms with Crippen LogP contribution in [0.1, 0.15) is 70.1 Å². The molecule has 0 bridgehead atoms. The van der Waals surface area contributed by atoms with Crippen LogP contribution in [-0.2, 0) is 0 Å². The molecule has 1 aliphatic carbocycles. The maximum atomic E-state index is 12.9. The molecular formula is C23H24N2O4. The van der Waals surface area contributed by atoms with Gasteiger partial charge in [0.25, 0.3) is 17.7 Å². The van der Waals surface area contributed by atoms with Crippen LogP contribution in [0.2, 0.25) is 0 Å². The van der Waals surface area contributed by atoms with Crippen molar-refractivity contribution in [3.05, 3.63) is 59.2 Å². The summed E-state index contributed by atoms with van der Waals surface area (Å²) in [7, 11) is 0. The van der Waals surface area contributed by atoms with Gasteiger partial charge in [0, 0.05) is 11.6 Å². The van der Waals surface area contributed by atoms with E-state index < -0.39 is 0 Å². The molecule has 6 nitrogen and oxygen atoms in total. The van der Waals surface area contributed by atoms with Crippen LogP contribution in [0.25, 0.3) is 0 Å². The first kappa shape index (κ1) is 19.2. The fraction of sp³-hybridized carbons (Fsp3) is 0.348. The fourth-order valence-electron chi connectivity index (χ4n) is 4.12. The lowest BCUT2D eigenvalue weighted by Crippen LogP contribution is -2.40. The molecule has 0 atom stereocenters. The Balaban J connectivity index is 1.57. The molecule has 0 radical (unpaired) electrons. The lowest BCUT2D eigenvalue weighted by atomic mass is 9.94. The minimum Gasteiger partial charge on any atom is -0.492 e. The first-order valence-corrected chi connectivity index (χ1v) is 10.1. The van der Waals surface area contributed by atoms with Crippen LogP contribution in [0.4, 0.5) is 5.69 Å². The third kappa shape index (κ3) is 3.62. The number of rotatable bonds is 5. The van der Waals surface area contributed by atoms with Gasteiger partial charge in [0.15, 0.2) is 0 Å². The van der Waals surface area contributed by atoms with Crippen LogP contribution in [-0.4, -0.2) is 35.3 Å². The van der Waals surface area contributed by atoms with Gasteiger partial charge in [-0.1, -0.05) is 31.4 Å². The summed E-state index contributed by atoms with van der Waals surface area (Å²) < 4.78 is 5.54. The number of nitrogens with zero attached hydrogens (tertiary/aromatic N) is 1. The smallest absolute Gasteiger partial charge is 0.261 e. The maximum absolute atomic E-state index is 12.9. The second kappa shape index (κ2) is 8.07. The van der Waals surface area contributed by atoms with E-state index in [4.69, 9.17) is 4.74 Å². The third-order valence-electron chi connectivity index (χ3n) is 5.56. The van der Waals surface area contributed by atoms with Crippen molar-refractivity contribution in [3.8, 4) is 5.75 Å². The van der Waals surface area contributed by atoms with Crippen LogP contribution in [0.3, 0.4) is 0 Å². The number of imide groups is 1. The van der Waals surface area contributed by atoms with E-state index in [9.17, 15) is 14.4 Å². The number of carbonyl (C=O) groups excluding carboxylic acids is 3. The number of para-hydroxylation sites is 2. The normalized spacial score (nSPS) is 16.7. The first-order chi connectivity index (χ1) is 14.1. The number of carbonyl (C=O) groups is 3. The Morgan fingerprint density at radius 2 is 1.76 bits per heavy atom. The van der Waals surface area contributed by atoms with Crippen molar-refractivity contribution in [2.24, 2.45) is 0 Å². The Morgan fingerprint density at radius 3 is 2.52 bits per heavy atom. The highest BCUT2D eigenvalue weighted by molar-refractivity contribution is 6.22. The Bertz CT molecular complexity index is 963. The van der Waals surface area contributed by atoms with Crippen LogP contribution >= 0.6 is 0 Å². The molecule has 150 valence electrons. The first-order valence-electron chi connectivity index (χ1n) is 10.1. The Hall–Kier alpha value is -3.15. The molecule has 1 heterocycles. The van der Waals surface area contributed by atoms with Gasteiger partial charge >= 0.3 is 0 Å². The average Bonchev–Trinajstić information content (AvgIpc) is 3.00. The molecule has 29 heavy (non-hydrogen) atoms. The standard InChI is InChI=1S/C23H24N2O4/c1-2-29-20-11-7-6-10-19(20)24-21(26)15-12-13-17-18(14-15)23(28)25(22(17)27)16-8-4-3-5-9-16/h6-7,10-14,16H,2-5,8-9H2,1H3,(H,24,26). The van der Waals surface area contributed by atoms with Gasteiger partial charge in [-0.25, -0.2) is 0 Å². The number of nitrogens with one attached hydrogen (secondary N) is 1. The zero-order valence-corrected chi connectivity index (χ0v) is 16.4. The lowest BCUT2D eigenvalue weighted by Gasteiger charge is -2.29. The molecular weight excluding hydrogens is 368 g/mol. The van der Waals surface area contributed by atoms with E-state index in [1.807, 2.05) is 19.1 Å². The summed E-state index contributed by atoms with van der Waals surface area (Å²) in [5.41, 5.74) is 1.59. The number of hydrogen-bond acceptors (Lipinski definition) is 4. The van der Waals surface area contributed by atoms with E-state index in [1.165, 1.54) is 11.0 Å². The van der Waals surface area contributed by atoms with Gasteiger partial charge < -0.3 is 10.1 Å². The molecule has 0 saturated heterocycles. The minimum absolute atomic E-state index is 0.0357. The molecule has 2 aromatic carbocycles. The summed E-state index contributed by atoms with van der Waals surface area (Å²) in [6, 6.07) is 11.9. The molecule has 2 aliphatic rings. The summed E-state index contributed by atoms with van der Waals surface area (Å²) in [6.45, 7) is 2.36. The zero-order chi connectivity index (χ0) is 20.4. The fourth-order valence-corrected chi connectivity index (χ4v) is 4.12. The van der Waals surface area contributed by atoms with Crippen molar-refractivity contribution < 1.29 is 19.1 Å². The minimum atomic E-state index is -0.351. The summed E-state index contributed by atoms with van der Waals surface area (Å²) in [5.74, 6) is -0.303. The predicted octanol–water partition coefficient (Wildman–Crippen LogP) is 4.27. The molecule has 4 rings (SSSR count). The van der Waals surface area contributed by atoms with Gasteiger partial charge in [-0.15, -0.1) is 0 Å². The molecule has 0 unspecified atom stereocenters. The van der Waals surface area contributed by atoms with E-state index in [2.05, 4.69) is 5.32 Å². The van der Waals surface area contributed by atoms with E-state index in [0.29, 0.717) is 34.7 Å². The Morgan fingerprint density at radius 1 is 1.03 bits per heavy atom. The molecule has 1 N–H and O–H groups in total. The monoisotopic (exact) mass is 392 g/mol. The van der Waals surface area contributed by atoms with Crippen LogP contribution in [0.15, 0.2) is 42.5 Å². The summed E-state index contributed by atoms with van der Waals surface area (Å²) in [6.07, 6.45) is 4.92. The van der Waals surface area contributed by atoms with E-state index >= 15 is 0 Å². The van der Waals surface area contributed by atoms with E-state index in [0.717, 1.165) is 32.1 Å². The maximum Gasteiger partial charge on any atom is 0.261 e. The van der Waals surface area contributed by atoms with Gasteiger partial charge in [-0.05, 0) is 50.1 Å². The third-order valence-corrected chi connectivity index (χ3v) is 5.56. The number of hydrogen-bond donors (Lipinski definition) is 1. The van der Waals surface area contributed by atoms with Crippen molar-refractivity contribution in [2.75, 3.05) is 11.9 Å². The van der Waals surface area contributed by atoms with Crippen molar-refractivity contribution in [2.45, 2.75) is 45.1 Å². The van der Waals surface area contributed by atoms with Crippen molar-refractivity contribution in [3.63, 3.8) is 0 Å². The highest BCUT2D eigenvalue weighted by atomic mass is 16.5. The topological polar surface area (TPSA) is 75.7 Å². The highest BCUT2D eigenvalue weighted by Crippen LogP contribution is 2.32. The number of benzene rings is 2. The second-order valence-corrected chi connectivity index (χ2v) is 7.42. The molecule has 2 aromatic rings. The molecule has 1 saturated carbocycles. The van der Waals surface area contributed by atoms with Crippen molar-refractivity contribution in [1.29, 1.82) is 0 Å². The van der Waals surface area contributed by atoms with Gasteiger partial charge in [-0.3, -0.25) is 19.3 Å². The summed E-state index contributed by atoms with van der Waals surface area (Å²) in [4.78, 5) is 39.9. The Labute approximate surface area is 169 Å². The molecule has 0 spiro atoms. The number of fused-ring (bicyclic) bond motifs is 1. The van der Waals surface area contributed by atoms with Crippen molar-refractivity contribution >= 4 is 23.4 Å². The summed E-state index contributed by atoms with van der Waals surface area (Å²) >= 11 is 0. The van der Waals surface area contributed by atoms with Crippen LogP contribution in [0.5, 0.6) is 5.75 Å². The van der Waals surface area contributed by atoms with Crippen molar-refractivity contribution in [1.82, 2.24) is 4.90 Å². The van der Waals surface area contributed by atoms with Crippen LogP contribution in [0, 0.1) is 0 Å². The molecule has 6 heteroatoms. The lowest BCUT2D eigenvalue weighted by molar-refractivity contribution is 0.0549. The average molecular weight is 392 g/mol. The molecule has 1 fully saturated rings. The number of anilines is 1. The predicted molar refractivity (Wildman–Crippen MR) is 109 cm³/mol. The number of ether oxygens (including phenoxy) is 1. The summed E-state index contributed by atoms with van der Waals surface area (Å²) in [5, 5.41) is 2.83. The van der Waals surface area contributed by atoms with Gasteiger partial charge in [-0.2, -0.15) is 0 Å². The van der Waals surface area contributed by atoms with Gasteiger partial charge in [0.05, 0.1) is 23.4 Å². The zero-order valence-electron chi connectivity index (χ0n) is 16.4. The van der Waals surface area contributed by atoms with Gasteiger partial charge in [0.2, 0.25) is 0 Å². The quantitative estimate of drug-likeness (QED) is 0.771. The Kier molecular flexibility index (Phi) is 5.34. The van der Waals surface area contributed by atoms with Gasteiger partial charge in [0.1, 0.15) is 5.75 Å². The largest absolute Gasteiger partial charge is 0.492 e.